The first-order chi connectivity index (χ1) is 14.7. The van der Waals surface area contributed by atoms with E-state index < -0.39 is 0 Å². The highest BCUT2D eigenvalue weighted by atomic mass is 127. The number of hydrogen-bond donors (Lipinski definition) is 2. The van der Waals surface area contributed by atoms with Gasteiger partial charge in [-0.25, -0.2) is 0 Å². The highest BCUT2D eigenvalue weighted by Gasteiger charge is 2.23. The number of ether oxygens (including phenoxy) is 2. The molecule has 2 aliphatic heterocycles. The highest BCUT2D eigenvalue weighted by Crippen LogP contribution is 2.23. The molecular weight excluding hydrogens is 529 g/mol. The molecular formula is C22H37ClIN5O2. The van der Waals surface area contributed by atoms with Crippen LogP contribution in [0.4, 0.5) is 0 Å². The van der Waals surface area contributed by atoms with Gasteiger partial charge in [0.05, 0.1) is 39.0 Å². The number of hydrogen-bond acceptors (Lipinski definition) is 5. The van der Waals surface area contributed by atoms with Gasteiger partial charge < -0.3 is 20.1 Å². The molecule has 2 atom stereocenters. The van der Waals surface area contributed by atoms with E-state index in [1.54, 1.807) is 0 Å². The summed E-state index contributed by atoms with van der Waals surface area (Å²) >= 11 is 6.12. The van der Waals surface area contributed by atoms with E-state index in [-0.39, 0.29) is 30.0 Å². The third-order valence-corrected chi connectivity index (χ3v) is 5.98. The van der Waals surface area contributed by atoms with E-state index in [4.69, 9.17) is 26.1 Å². The first-order valence-corrected chi connectivity index (χ1v) is 11.5. The lowest BCUT2D eigenvalue weighted by atomic mass is 10.0. The van der Waals surface area contributed by atoms with Crippen LogP contribution >= 0.6 is 35.6 Å². The van der Waals surface area contributed by atoms with E-state index in [1.165, 1.54) is 5.56 Å². The molecule has 0 saturated carbocycles. The van der Waals surface area contributed by atoms with Crippen molar-refractivity contribution in [1.29, 1.82) is 0 Å². The smallest absolute Gasteiger partial charge is 0.191 e. The van der Waals surface area contributed by atoms with E-state index in [9.17, 15) is 0 Å². The van der Waals surface area contributed by atoms with Gasteiger partial charge in [0.15, 0.2) is 5.96 Å². The van der Waals surface area contributed by atoms with Crippen LogP contribution in [0.15, 0.2) is 29.3 Å². The average molecular weight is 566 g/mol. The Bertz CT molecular complexity index is 652. The van der Waals surface area contributed by atoms with Gasteiger partial charge in [0.25, 0.3) is 0 Å². The minimum atomic E-state index is 0. The molecule has 2 unspecified atom stereocenters. The number of nitrogens with one attached hydrogen (secondary N) is 2. The Labute approximate surface area is 208 Å². The number of morpholine rings is 2. The number of rotatable bonds is 8. The van der Waals surface area contributed by atoms with Gasteiger partial charge in [0.2, 0.25) is 0 Å². The fourth-order valence-electron chi connectivity index (χ4n) is 3.92. The summed E-state index contributed by atoms with van der Waals surface area (Å²) in [7, 11) is 0. The molecule has 0 aromatic heterocycles. The zero-order chi connectivity index (χ0) is 21.2. The molecule has 176 valence electrons. The number of benzene rings is 1. The number of guanidine groups is 1. The van der Waals surface area contributed by atoms with Crippen LogP contribution in [0.1, 0.15) is 25.5 Å². The second-order valence-electron chi connectivity index (χ2n) is 7.81. The molecule has 2 saturated heterocycles. The molecule has 0 radical (unpaired) electrons. The molecule has 3 rings (SSSR count). The molecule has 2 fully saturated rings. The molecule has 0 aliphatic carbocycles. The van der Waals surface area contributed by atoms with Gasteiger partial charge in [-0.2, -0.15) is 0 Å². The summed E-state index contributed by atoms with van der Waals surface area (Å²) < 4.78 is 11.0. The summed E-state index contributed by atoms with van der Waals surface area (Å²) in [5.41, 5.74) is 1.26. The van der Waals surface area contributed by atoms with Gasteiger partial charge in [-0.05, 0) is 31.5 Å². The molecule has 0 bridgehead atoms. The Morgan fingerprint density at radius 2 is 1.58 bits per heavy atom. The molecule has 2 heterocycles. The lowest BCUT2D eigenvalue weighted by molar-refractivity contribution is 0.0169. The Balaban J connectivity index is 0.00000341. The lowest BCUT2D eigenvalue weighted by Gasteiger charge is -2.35. The minimum Gasteiger partial charge on any atom is -0.379 e. The van der Waals surface area contributed by atoms with E-state index in [0.29, 0.717) is 6.04 Å². The maximum atomic E-state index is 6.12. The van der Waals surface area contributed by atoms with Crippen LogP contribution in [0.2, 0.25) is 5.02 Å². The molecule has 1 aromatic carbocycles. The second kappa shape index (κ2) is 14.5. The number of aliphatic imine (C=N–C) groups is 1. The predicted molar refractivity (Wildman–Crippen MR) is 138 cm³/mol. The van der Waals surface area contributed by atoms with Crippen LogP contribution in [-0.2, 0) is 9.47 Å². The first kappa shape index (κ1) is 26.6. The van der Waals surface area contributed by atoms with Crippen LogP contribution in [0, 0.1) is 0 Å². The van der Waals surface area contributed by atoms with Crippen molar-refractivity contribution in [3.63, 3.8) is 0 Å². The monoisotopic (exact) mass is 565 g/mol. The molecule has 2 N–H and O–H groups in total. The van der Waals surface area contributed by atoms with Crippen LogP contribution in [-0.4, -0.2) is 94.0 Å². The summed E-state index contributed by atoms with van der Waals surface area (Å²) in [5.74, 6) is 0.866. The van der Waals surface area contributed by atoms with Crippen molar-refractivity contribution >= 4 is 41.5 Å². The molecule has 1 aromatic rings. The van der Waals surface area contributed by atoms with Crippen molar-refractivity contribution in [3.8, 4) is 0 Å². The lowest BCUT2D eigenvalue weighted by Crippen LogP contribution is -2.47. The standard InChI is InChI=1S/C22H36ClN5O2.HI/c1-3-24-22(25-16-18(2)27-8-12-29-13-9-27)26-17-21(28-10-14-30-15-11-28)19-4-6-20(23)7-5-19;/h4-7,18,21H,3,8-17H2,1-2H3,(H2,24,25,26);1H. The zero-order valence-corrected chi connectivity index (χ0v) is 21.8. The SMILES string of the molecule is CCNC(=NCC(C)N1CCOCC1)NCC(c1ccc(Cl)cc1)N1CCOCC1.I. The fourth-order valence-corrected chi connectivity index (χ4v) is 4.05. The van der Waals surface area contributed by atoms with E-state index in [1.807, 2.05) is 12.1 Å². The molecule has 0 amide bonds. The largest absolute Gasteiger partial charge is 0.379 e. The summed E-state index contributed by atoms with van der Waals surface area (Å²) in [5, 5.41) is 7.72. The molecule has 7 nitrogen and oxygen atoms in total. The van der Waals surface area contributed by atoms with Crippen LogP contribution < -0.4 is 10.6 Å². The summed E-state index contributed by atoms with van der Waals surface area (Å²) in [6.07, 6.45) is 0. The van der Waals surface area contributed by atoms with Crippen molar-refractivity contribution in [3.05, 3.63) is 34.9 Å². The second-order valence-corrected chi connectivity index (χ2v) is 8.25. The van der Waals surface area contributed by atoms with Crippen LogP contribution in [0.25, 0.3) is 0 Å². The Kier molecular flexibility index (Phi) is 12.4. The molecule has 9 heteroatoms. The van der Waals surface area contributed by atoms with Crippen molar-refractivity contribution in [2.24, 2.45) is 4.99 Å². The van der Waals surface area contributed by atoms with E-state index >= 15 is 0 Å². The molecule has 2 aliphatic rings. The van der Waals surface area contributed by atoms with Crippen molar-refractivity contribution in [1.82, 2.24) is 20.4 Å². The van der Waals surface area contributed by atoms with Gasteiger partial charge in [0.1, 0.15) is 0 Å². The van der Waals surface area contributed by atoms with Crippen molar-refractivity contribution in [2.45, 2.75) is 25.9 Å². The summed E-state index contributed by atoms with van der Waals surface area (Å²) in [4.78, 5) is 9.78. The minimum absolute atomic E-state index is 0. The first-order valence-electron chi connectivity index (χ1n) is 11.1. The van der Waals surface area contributed by atoms with Crippen LogP contribution in [0.5, 0.6) is 0 Å². The fraction of sp³-hybridized carbons (Fsp3) is 0.682. The Morgan fingerprint density at radius 3 is 2.16 bits per heavy atom. The third-order valence-electron chi connectivity index (χ3n) is 5.73. The van der Waals surface area contributed by atoms with E-state index in [0.717, 1.165) is 83.2 Å². The maximum Gasteiger partial charge on any atom is 0.191 e. The van der Waals surface area contributed by atoms with Crippen LogP contribution in [0.3, 0.4) is 0 Å². The summed E-state index contributed by atoms with van der Waals surface area (Å²) in [6, 6.07) is 8.81. The van der Waals surface area contributed by atoms with Crippen molar-refractivity contribution < 1.29 is 9.47 Å². The topological polar surface area (TPSA) is 61.4 Å². The van der Waals surface area contributed by atoms with Gasteiger partial charge in [-0.3, -0.25) is 14.8 Å². The van der Waals surface area contributed by atoms with Gasteiger partial charge in [-0.1, -0.05) is 23.7 Å². The number of halogens is 2. The quantitative estimate of drug-likeness (QED) is 0.287. The normalized spacial score (nSPS) is 20.5. The third kappa shape index (κ3) is 8.66. The average Bonchev–Trinajstić information content (AvgIpc) is 2.79. The van der Waals surface area contributed by atoms with Gasteiger partial charge in [0, 0.05) is 50.3 Å². The van der Waals surface area contributed by atoms with E-state index in [2.05, 4.69) is 46.4 Å². The maximum absolute atomic E-state index is 6.12. The predicted octanol–water partition coefficient (Wildman–Crippen LogP) is 2.61. The summed E-state index contributed by atoms with van der Waals surface area (Å²) in [6.45, 7) is 13.7. The Morgan fingerprint density at radius 1 is 1.00 bits per heavy atom. The highest BCUT2D eigenvalue weighted by molar-refractivity contribution is 14.0. The zero-order valence-electron chi connectivity index (χ0n) is 18.7. The Hall–Kier alpha value is -0.650. The van der Waals surface area contributed by atoms with Crippen molar-refractivity contribution in [2.75, 3.05) is 72.2 Å². The molecule has 31 heavy (non-hydrogen) atoms. The van der Waals surface area contributed by atoms with Gasteiger partial charge in [-0.15, -0.1) is 24.0 Å². The number of nitrogens with zero attached hydrogens (tertiary/aromatic N) is 3. The molecule has 0 spiro atoms. The van der Waals surface area contributed by atoms with Gasteiger partial charge >= 0.3 is 0 Å².